The molecule has 1 aromatic heterocycles. The topological polar surface area (TPSA) is 113 Å². The van der Waals surface area contributed by atoms with E-state index in [1.807, 2.05) is 47.4 Å². The first-order valence-electron chi connectivity index (χ1n) is 10.5. The molecule has 0 bridgehead atoms. The maximum Gasteiger partial charge on any atom is 0.253 e. The summed E-state index contributed by atoms with van der Waals surface area (Å²) in [6.07, 6.45) is 1.68. The average molecular weight is 451 g/mol. The highest BCUT2D eigenvalue weighted by Gasteiger charge is 2.17. The molecule has 1 fully saturated rings. The van der Waals surface area contributed by atoms with Gasteiger partial charge in [0.2, 0.25) is 5.95 Å². The predicted molar refractivity (Wildman–Crippen MR) is 126 cm³/mol. The van der Waals surface area contributed by atoms with E-state index in [-0.39, 0.29) is 5.91 Å². The Kier molecular flexibility index (Phi) is 6.89. The van der Waals surface area contributed by atoms with E-state index in [2.05, 4.69) is 20.6 Å². The molecule has 9 heteroatoms. The Balaban J connectivity index is 1.45. The van der Waals surface area contributed by atoms with E-state index < -0.39 is 16.2 Å². The van der Waals surface area contributed by atoms with Crippen molar-refractivity contribution in [3.8, 4) is 11.3 Å². The van der Waals surface area contributed by atoms with Crippen LogP contribution in [0.3, 0.4) is 0 Å². The fourth-order valence-corrected chi connectivity index (χ4v) is 4.26. The van der Waals surface area contributed by atoms with Crippen molar-refractivity contribution in [1.29, 1.82) is 0 Å². The summed E-state index contributed by atoms with van der Waals surface area (Å²) in [4.78, 5) is 24.0. The van der Waals surface area contributed by atoms with Gasteiger partial charge in [0.1, 0.15) is 0 Å². The van der Waals surface area contributed by atoms with Crippen LogP contribution < -0.4 is 16.4 Å². The SMILES string of the molecule is CC(N)S(=O)c1ccc(-c2ccnc(Nc3ccc(C(=O)N4CCNCC4)cc3)n2)cc1. The summed E-state index contributed by atoms with van der Waals surface area (Å²) in [7, 11) is -1.24. The van der Waals surface area contributed by atoms with Crippen LogP contribution in [0.2, 0.25) is 0 Å². The van der Waals surface area contributed by atoms with Gasteiger partial charge in [-0.3, -0.25) is 9.00 Å². The number of carbonyl (C=O) groups is 1. The van der Waals surface area contributed by atoms with Gasteiger partial charge in [-0.15, -0.1) is 0 Å². The van der Waals surface area contributed by atoms with E-state index in [1.165, 1.54) is 0 Å². The summed E-state index contributed by atoms with van der Waals surface area (Å²) in [6, 6.07) is 16.5. The van der Waals surface area contributed by atoms with Crippen LogP contribution in [0, 0.1) is 0 Å². The van der Waals surface area contributed by atoms with Gasteiger partial charge in [0.25, 0.3) is 5.91 Å². The van der Waals surface area contributed by atoms with Gasteiger partial charge >= 0.3 is 0 Å². The minimum atomic E-state index is -1.24. The Morgan fingerprint density at radius 3 is 2.44 bits per heavy atom. The summed E-state index contributed by atoms with van der Waals surface area (Å²) < 4.78 is 12.1. The van der Waals surface area contributed by atoms with Crippen LogP contribution in [-0.2, 0) is 10.8 Å². The van der Waals surface area contributed by atoms with E-state index in [0.29, 0.717) is 16.4 Å². The molecule has 2 atom stereocenters. The quantitative estimate of drug-likeness (QED) is 0.528. The second-order valence-corrected chi connectivity index (χ2v) is 9.35. The van der Waals surface area contributed by atoms with Crippen LogP contribution in [-0.4, -0.2) is 56.5 Å². The van der Waals surface area contributed by atoms with Gasteiger partial charge in [0.15, 0.2) is 0 Å². The zero-order valence-corrected chi connectivity index (χ0v) is 18.6. The predicted octanol–water partition coefficient (Wildman–Crippen LogP) is 2.34. The van der Waals surface area contributed by atoms with Crippen molar-refractivity contribution >= 4 is 28.3 Å². The average Bonchev–Trinajstić information content (AvgIpc) is 2.84. The molecule has 4 N–H and O–H groups in total. The number of nitrogens with two attached hydrogens (primary N) is 1. The first-order chi connectivity index (χ1) is 15.5. The molecule has 3 aromatic rings. The van der Waals surface area contributed by atoms with Crippen molar-refractivity contribution < 1.29 is 9.00 Å². The van der Waals surface area contributed by atoms with Crippen molar-refractivity contribution in [3.63, 3.8) is 0 Å². The Hall–Kier alpha value is -3.14. The summed E-state index contributed by atoms with van der Waals surface area (Å²) in [5.41, 5.74) is 8.81. The lowest BCUT2D eigenvalue weighted by atomic mass is 10.1. The van der Waals surface area contributed by atoms with E-state index in [4.69, 9.17) is 5.73 Å². The van der Waals surface area contributed by atoms with E-state index >= 15 is 0 Å². The number of anilines is 2. The molecule has 8 nitrogen and oxygen atoms in total. The van der Waals surface area contributed by atoms with Gasteiger partial charge in [0.05, 0.1) is 21.9 Å². The molecule has 0 aliphatic carbocycles. The third-order valence-corrected chi connectivity index (χ3v) is 6.58. The number of hydrogen-bond acceptors (Lipinski definition) is 7. The highest BCUT2D eigenvalue weighted by molar-refractivity contribution is 7.85. The molecular weight excluding hydrogens is 424 g/mol. The van der Waals surface area contributed by atoms with Crippen LogP contribution >= 0.6 is 0 Å². The van der Waals surface area contributed by atoms with Crippen LogP contribution in [0.5, 0.6) is 0 Å². The largest absolute Gasteiger partial charge is 0.336 e. The van der Waals surface area contributed by atoms with Crippen LogP contribution in [0.15, 0.2) is 65.7 Å². The van der Waals surface area contributed by atoms with E-state index in [1.54, 1.807) is 25.3 Å². The van der Waals surface area contributed by atoms with Gasteiger partial charge < -0.3 is 21.3 Å². The first-order valence-corrected chi connectivity index (χ1v) is 11.7. The molecule has 0 spiro atoms. The fourth-order valence-electron chi connectivity index (χ4n) is 3.43. The molecule has 1 amide bonds. The molecule has 166 valence electrons. The van der Waals surface area contributed by atoms with Gasteiger partial charge in [-0.2, -0.15) is 0 Å². The highest BCUT2D eigenvalue weighted by atomic mass is 32.2. The molecule has 32 heavy (non-hydrogen) atoms. The lowest BCUT2D eigenvalue weighted by molar-refractivity contribution is 0.0736. The van der Waals surface area contributed by atoms with Gasteiger partial charge in [-0.1, -0.05) is 12.1 Å². The van der Waals surface area contributed by atoms with E-state index in [9.17, 15) is 9.00 Å². The van der Waals surface area contributed by atoms with E-state index in [0.717, 1.165) is 43.1 Å². The number of nitrogens with one attached hydrogen (secondary N) is 2. The standard InChI is InChI=1S/C23H26N6O2S/c1-16(24)32(31)20-8-4-17(5-9-20)21-10-11-26-23(28-21)27-19-6-2-18(3-7-19)22(30)29-14-12-25-13-15-29/h2-11,16,25H,12-15,24H2,1H3,(H,26,27,28). The number of hydrogen-bond donors (Lipinski definition) is 3. The zero-order chi connectivity index (χ0) is 22.5. The fraction of sp³-hybridized carbons (Fsp3) is 0.261. The summed E-state index contributed by atoms with van der Waals surface area (Å²) in [5.74, 6) is 0.497. The van der Waals surface area contributed by atoms with Crippen molar-refractivity contribution in [1.82, 2.24) is 20.2 Å². The molecule has 1 saturated heterocycles. The molecule has 2 unspecified atom stereocenters. The van der Waals surface area contributed by atoms with Crippen LogP contribution in [0.1, 0.15) is 17.3 Å². The monoisotopic (exact) mass is 450 g/mol. The van der Waals surface area contributed by atoms with Gasteiger partial charge in [0, 0.05) is 54.1 Å². The van der Waals surface area contributed by atoms with Crippen LogP contribution in [0.25, 0.3) is 11.3 Å². The molecule has 1 aliphatic heterocycles. The molecule has 4 rings (SSSR count). The Bertz CT molecular complexity index is 1100. The van der Waals surface area contributed by atoms with Crippen LogP contribution in [0.4, 0.5) is 11.6 Å². The smallest absolute Gasteiger partial charge is 0.253 e. The maximum absolute atomic E-state index is 12.6. The lowest BCUT2D eigenvalue weighted by Gasteiger charge is -2.27. The number of rotatable bonds is 6. The Morgan fingerprint density at radius 1 is 1.09 bits per heavy atom. The number of benzene rings is 2. The number of amides is 1. The second-order valence-electron chi connectivity index (χ2n) is 7.54. The van der Waals surface area contributed by atoms with Gasteiger partial charge in [-0.05, 0) is 49.4 Å². The zero-order valence-electron chi connectivity index (χ0n) is 17.8. The minimum Gasteiger partial charge on any atom is -0.336 e. The third kappa shape index (κ3) is 5.18. The molecule has 0 radical (unpaired) electrons. The second kappa shape index (κ2) is 9.99. The molecule has 2 heterocycles. The number of nitrogens with zero attached hydrogens (tertiary/aromatic N) is 3. The van der Waals surface area contributed by atoms with Crippen molar-refractivity contribution in [3.05, 3.63) is 66.4 Å². The molecule has 1 aliphatic rings. The lowest BCUT2D eigenvalue weighted by Crippen LogP contribution is -2.46. The van der Waals surface area contributed by atoms with Crippen molar-refractivity contribution in [2.24, 2.45) is 5.73 Å². The van der Waals surface area contributed by atoms with Crippen molar-refractivity contribution in [2.45, 2.75) is 17.2 Å². The normalized spacial score (nSPS) is 15.8. The Labute approximate surface area is 189 Å². The van der Waals surface area contributed by atoms with Crippen molar-refractivity contribution in [2.75, 3.05) is 31.5 Å². The molecule has 2 aromatic carbocycles. The highest BCUT2D eigenvalue weighted by Crippen LogP contribution is 2.22. The summed E-state index contributed by atoms with van der Waals surface area (Å²) >= 11 is 0. The Morgan fingerprint density at radius 2 is 1.78 bits per heavy atom. The summed E-state index contributed by atoms with van der Waals surface area (Å²) in [6.45, 7) is 4.82. The number of aromatic nitrogens is 2. The summed E-state index contributed by atoms with van der Waals surface area (Å²) in [5, 5.41) is 6.01. The third-order valence-electron chi connectivity index (χ3n) is 5.17. The molecule has 0 saturated carbocycles. The maximum atomic E-state index is 12.6. The number of piperazine rings is 1. The van der Waals surface area contributed by atoms with Gasteiger partial charge in [-0.25, -0.2) is 9.97 Å². The first kappa shape index (κ1) is 22.1. The number of carbonyl (C=O) groups excluding carboxylic acids is 1. The minimum absolute atomic E-state index is 0.0460. The molecular formula is C23H26N6O2S.